The van der Waals surface area contributed by atoms with Crippen molar-refractivity contribution in [2.45, 2.75) is 18.2 Å². The van der Waals surface area contributed by atoms with Crippen molar-refractivity contribution in [2.75, 3.05) is 24.5 Å². The van der Waals surface area contributed by atoms with Crippen molar-refractivity contribution >= 4 is 45.9 Å². The molecule has 0 saturated carbocycles. The Morgan fingerprint density at radius 2 is 1.85 bits per heavy atom. The van der Waals surface area contributed by atoms with E-state index in [9.17, 15) is 9.00 Å². The number of carbonyl (C=O) groups is 1. The maximum Gasteiger partial charge on any atom is 0.252 e. The van der Waals surface area contributed by atoms with Crippen LogP contribution in [0.1, 0.15) is 23.7 Å². The molecule has 0 bridgehead atoms. The maximum absolute atomic E-state index is 12.3. The summed E-state index contributed by atoms with van der Waals surface area (Å²) >= 11 is 9.91. The molecule has 0 saturated heterocycles. The van der Waals surface area contributed by atoms with Gasteiger partial charge in [0.15, 0.2) is 11.1 Å². The van der Waals surface area contributed by atoms with Gasteiger partial charge in [0.2, 0.25) is 0 Å². The smallest absolute Gasteiger partial charge is 0.252 e. The summed E-state index contributed by atoms with van der Waals surface area (Å²) in [7, 11) is 0. The lowest BCUT2D eigenvalue weighted by atomic mass is 10.2. The first-order chi connectivity index (χ1) is 12.4. The quantitative estimate of drug-likeness (QED) is 0.634. The summed E-state index contributed by atoms with van der Waals surface area (Å²) in [6, 6.07) is 11.6. The van der Waals surface area contributed by atoms with Gasteiger partial charge in [0.05, 0.1) is 15.5 Å². The normalized spacial score (nSPS) is 11.8. The monoisotopic (exact) mass is 414 g/mol. The minimum absolute atomic E-state index is 0.255. The molecule has 26 heavy (non-hydrogen) atoms. The summed E-state index contributed by atoms with van der Waals surface area (Å²) in [5.41, 5.74) is 1.31. The van der Waals surface area contributed by atoms with E-state index >= 15 is 0 Å². The van der Waals surface area contributed by atoms with Gasteiger partial charge in [0.1, 0.15) is 0 Å². The van der Waals surface area contributed by atoms with Crippen LogP contribution in [0, 0.1) is 0 Å². The molecular weight excluding hydrogens is 395 g/mol. The van der Waals surface area contributed by atoms with Crippen LogP contribution in [0.15, 0.2) is 47.4 Å². The molecule has 8 heteroatoms. The molecule has 0 aliphatic rings. The summed E-state index contributed by atoms with van der Waals surface area (Å²) in [5.74, 6) is -0.255. The van der Waals surface area contributed by atoms with Crippen LogP contribution < -0.4 is 10.2 Å². The van der Waals surface area contributed by atoms with E-state index in [-0.39, 0.29) is 5.91 Å². The van der Waals surface area contributed by atoms with E-state index in [4.69, 9.17) is 27.8 Å². The van der Waals surface area contributed by atoms with Gasteiger partial charge in [-0.05, 0) is 48.9 Å². The van der Waals surface area contributed by atoms with Crippen molar-refractivity contribution in [3.05, 3.63) is 58.1 Å². The van der Waals surface area contributed by atoms with Gasteiger partial charge in [-0.2, -0.15) is 0 Å². The number of rotatable bonds is 8. The Kier molecular flexibility index (Phi) is 7.90. The summed E-state index contributed by atoms with van der Waals surface area (Å²) in [5, 5.41) is 3.64. The van der Waals surface area contributed by atoms with Crippen LogP contribution in [-0.2, 0) is 11.1 Å². The predicted octanol–water partition coefficient (Wildman–Crippen LogP) is 4.22. The van der Waals surface area contributed by atoms with Gasteiger partial charge < -0.3 is 14.8 Å². The van der Waals surface area contributed by atoms with Crippen LogP contribution in [0.4, 0.5) is 5.69 Å². The molecule has 1 amide bonds. The first kappa shape index (κ1) is 20.7. The van der Waals surface area contributed by atoms with E-state index in [1.807, 2.05) is 0 Å². The van der Waals surface area contributed by atoms with E-state index in [1.165, 1.54) is 6.07 Å². The van der Waals surface area contributed by atoms with Crippen LogP contribution in [0.3, 0.4) is 0 Å². The van der Waals surface area contributed by atoms with Crippen LogP contribution >= 0.6 is 23.2 Å². The lowest BCUT2D eigenvalue weighted by Crippen LogP contribution is -2.35. The number of amides is 1. The van der Waals surface area contributed by atoms with Gasteiger partial charge in [0, 0.05) is 30.3 Å². The minimum Gasteiger partial charge on any atom is -0.370 e. The Bertz CT molecular complexity index is 785. The number of nitrogens with zero attached hydrogens (tertiary/aromatic N) is 1. The summed E-state index contributed by atoms with van der Waals surface area (Å²) in [6.45, 7) is 3.91. The molecule has 0 aromatic heterocycles. The Hall–Kier alpha value is -1.60. The van der Waals surface area contributed by atoms with Gasteiger partial charge in [-0.25, -0.2) is 4.21 Å². The van der Waals surface area contributed by atoms with Gasteiger partial charge in [0.25, 0.3) is 5.91 Å². The largest absolute Gasteiger partial charge is 0.370 e. The van der Waals surface area contributed by atoms with Gasteiger partial charge in [-0.15, -0.1) is 0 Å². The predicted molar refractivity (Wildman–Crippen MR) is 107 cm³/mol. The second-order valence-corrected chi connectivity index (χ2v) is 7.42. The molecule has 1 atom stereocenters. The highest BCUT2D eigenvalue weighted by molar-refractivity contribution is 7.79. The minimum atomic E-state index is -1.99. The Morgan fingerprint density at radius 1 is 1.15 bits per heavy atom. The van der Waals surface area contributed by atoms with Crippen molar-refractivity contribution in [1.82, 2.24) is 5.32 Å². The van der Waals surface area contributed by atoms with Gasteiger partial charge in [-0.1, -0.05) is 30.1 Å². The third-order valence-corrected chi connectivity index (χ3v) is 4.96. The standard InChI is InChI=1S/C18H20Cl2N2O3S/c1-2-10-22(14-4-6-15(7-5-14)26(24)25)11-9-21-18(23)16-8-3-13(19)12-17(16)20/h3-8,12H,2,9-11H2,1H3,(H,21,23)(H,24,25). The van der Waals surface area contributed by atoms with Crippen molar-refractivity contribution in [3.63, 3.8) is 0 Å². The van der Waals surface area contributed by atoms with E-state index < -0.39 is 11.1 Å². The van der Waals surface area contributed by atoms with E-state index in [1.54, 1.807) is 36.4 Å². The molecule has 2 aromatic rings. The summed E-state index contributed by atoms with van der Waals surface area (Å²) in [4.78, 5) is 14.7. The molecule has 140 valence electrons. The zero-order valence-electron chi connectivity index (χ0n) is 14.2. The number of halogens is 2. The van der Waals surface area contributed by atoms with Crippen LogP contribution in [-0.4, -0.2) is 34.3 Å². The van der Waals surface area contributed by atoms with Crippen molar-refractivity contribution in [2.24, 2.45) is 0 Å². The molecule has 0 spiro atoms. The third kappa shape index (κ3) is 5.71. The number of hydrogen-bond acceptors (Lipinski definition) is 3. The highest BCUT2D eigenvalue weighted by Gasteiger charge is 2.12. The molecular formula is C18H20Cl2N2O3S. The molecule has 0 fully saturated rings. The Balaban J connectivity index is 1.97. The maximum atomic E-state index is 12.3. The lowest BCUT2D eigenvalue weighted by Gasteiger charge is -2.24. The highest BCUT2D eigenvalue weighted by atomic mass is 35.5. The van der Waals surface area contributed by atoms with Gasteiger partial charge >= 0.3 is 0 Å². The fraction of sp³-hybridized carbons (Fsp3) is 0.278. The number of benzene rings is 2. The summed E-state index contributed by atoms with van der Waals surface area (Å²) in [6.07, 6.45) is 0.935. The molecule has 5 nitrogen and oxygen atoms in total. The Labute approximate surface area is 165 Å². The average molecular weight is 415 g/mol. The average Bonchev–Trinajstić information content (AvgIpc) is 2.61. The molecule has 2 rings (SSSR count). The SMILES string of the molecule is CCCN(CCNC(=O)c1ccc(Cl)cc1Cl)c1ccc(S(=O)O)cc1. The zero-order valence-corrected chi connectivity index (χ0v) is 16.6. The third-order valence-electron chi connectivity index (χ3n) is 3.74. The molecule has 0 heterocycles. The van der Waals surface area contributed by atoms with Crippen LogP contribution in [0.5, 0.6) is 0 Å². The first-order valence-electron chi connectivity index (χ1n) is 8.11. The molecule has 0 aliphatic carbocycles. The fourth-order valence-corrected chi connectivity index (χ4v) is 3.35. The molecule has 2 aromatic carbocycles. The van der Waals surface area contributed by atoms with E-state index in [0.29, 0.717) is 33.6 Å². The van der Waals surface area contributed by atoms with E-state index in [0.717, 1.165) is 18.7 Å². The number of nitrogens with one attached hydrogen (secondary N) is 1. The van der Waals surface area contributed by atoms with Crippen LogP contribution in [0.25, 0.3) is 0 Å². The van der Waals surface area contributed by atoms with Crippen molar-refractivity contribution in [1.29, 1.82) is 0 Å². The first-order valence-corrected chi connectivity index (χ1v) is 9.97. The van der Waals surface area contributed by atoms with Crippen LogP contribution in [0.2, 0.25) is 10.0 Å². The Morgan fingerprint density at radius 3 is 2.42 bits per heavy atom. The summed E-state index contributed by atoms with van der Waals surface area (Å²) < 4.78 is 20.2. The van der Waals surface area contributed by atoms with E-state index in [2.05, 4.69) is 17.1 Å². The zero-order chi connectivity index (χ0) is 19.1. The topological polar surface area (TPSA) is 69.6 Å². The van der Waals surface area contributed by atoms with Gasteiger partial charge in [-0.3, -0.25) is 4.79 Å². The lowest BCUT2D eigenvalue weighted by molar-refractivity contribution is 0.0955. The second-order valence-electron chi connectivity index (χ2n) is 5.61. The highest BCUT2D eigenvalue weighted by Crippen LogP contribution is 2.21. The molecule has 0 radical (unpaired) electrons. The second kappa shape index (κ2) is 9.92. The van der Waals surface area contributed by atoms with Crippen molar-refractivity contribution < 1.29 is 13.6 Å². The number of carbonyl (C=O) groups excluding carboxylic acids is 1. The number of hydrogen-bond donors (Lipinski definition) is 2. The van der Waals surface area contributed by atoms with Crippen molar-refractivity contribution in [3.8, 4) is 0 Å². The number of anilines is 1. The fourth-order valence-electron chi connectivity index (χ4n) is 2.49. The molecule has 0 aliphatic heterocycles. The molecule has 1 unspecified atom stereocenters. The molecule has 2 N–H and O–H groups in total.